The highest BCUT2D eigenvalue weighted by Gasteiger charge is 2.08. The van der Waals surface area contributed by atoms with Crippen LogP contribution in [0.3, 0.4) is 0 Å². The number of hydrogen-bond donors (Lipinski definition) is 2. The largest absolute Gasteiger partial charge is 0.379 e. The average Bonchev–Trinajstić information content (AvgIpc) is 2.90. The Morgan fingerprint density at radius 3 is 3.00 bits per heavy atom. The first-order chi connectivity index (χ1) is 10.2. The van der Waals surface area contributed by atoms with Gasteiger partial charge in [-0.05, 0) is 18.4 Å². The maximum atomic E-state index is 5.85. The van der Waals surface area contributed by atoms with E-state index in [1.807, 2.05) is 19.4 Å². The smallest absolute Gasteiger partial charge is 0.188 e. The standard InChI is InChI=1S/C14H26N6O/c1-19-12-13(11-18-19)3-5-17-14(15)16-4-2-6-20-7-9-21-10-8-20/h11-12H,2-10H2,1H3,(H3,15,16,17). The van der Waals surface area contributed by atoms with E-state index in [-0.39, 0.29) is 0 Å². The van der Waals surface area contributed by atoms with Crippen LogP contribution in [0, 0.1) is 0 Å². The third-order valence-electron chi connectivity index (χ3n) is 3.50. The van der Waals surface area contributed by atoms with Gasteiger partial charge < -0.3 is 15.8 Å². The third-order valence-corrected chi connectivity index (χ3v) is 3.50. The van der Waals surface area contributed by atoms with Gasteiger partial charge in [0.1, 0.15) is 0 Å². The monoisotopic (exact) mass is 294 g/mol. The molecule has 0 atom stereocenters. The maximum absolute atomic E-state index is 5.85. The number of rotatable bonds is 7. The number of guanidine groups is 1. The van der Waals surface area contributed by atoms with Crippen molar-refractivity contribution in [3.8, 4) is 0 Å². The van der Waals surface area contributed by atoms with Crippen LogP contribution in [-0.2, 0) is 18.2 Å². The Balaban J connectivity index is 1.54. The fourth-order valence-corrected chi connectivity index (χ4v) is 2.31. The Labute approximate surface area is 126 Å². The van der Waals surface area contributed by atoms with E-state index < -0.39 is 0 Å². The summed E-state index contributed by atoms with van der Waals surface area (Å²) in [7, 11) is 1.92. The van der Waals surface area contributed by atoms with Gasteiger partial charge in [-0.25, -0.2) is 0 Å². The molecule has 1 aromatic rings. The number of nitrogens with one attached hydrogen (secondary N) is 1. The summed E-state index contributed by atoms with van der Waals surface area (Å²) >= 11 is 0. The maximum Gasteiger partial charge on any atom is 0.188 e. The van der Waals surface area contributed by atoms with Gasteiger partial charge in [0, 0.05) is 46.0 Å². The Bertz CT molecular complexity index is 438. The number of morpholine rings is 1. The fraction of sp³-hybridized carbons (Fsp3) is 0.714. The number of ether oxygens (including phenoxy) is 1. The first kappa shape index (κ1) is 15.8. The van der Waals surface area contributed by atoms with Crippen molar-refractivity contribution in [3.05, 3.63) is 18.0 Å². The van der Waals surface area contributed by atoms with E-state index >= 15 is 0 Å². The highest BCUT2D eigenvalue weighted by atomic mass is 16.5. The quantitative estimate of drug-likeness (QED) is 0.406. The number of hydrogen-bond acceptors (Lipinski definition) is 4. The molecule has 118 valence electrons. The molecule has 7 heteroatoms. The van der Waals surface area contributed by atoms with Crippen molar-refractivity contribution in [1.29, 1.82) is 0 Å². The minimum atomic E-state index is 0.529. The first-order valence-corrected chi connectivity index (χ1v) is 7.55. The SMILES string of the molecule is Cn1cc(CCNC(N)=NCCCN2CCOCC2)cn1. The number of nitrogens with two attached hydrogens (primary N) is 1. The van der Waals surface area contributed by atoms with Gasteiger partial charge in [0.15, 0.2) is 5.96 Å². The van der Waals surface area contributed by atoms with Crippen molar-refractivity contribution in [2.45, 2.75) is 12.8 Å². The molecule has 1 fully saturated rings. The minimum Gasteiger partial charge on any atom is -0.379 e. The van der Waals surface area contributed by atoms with Gasteiger partial charge in [0.25, 0.3) is 0 Å². The van der Waals surface area contributed by atoms with Crippen LogP contribution < -0.4 is 11.1 Å². The number of aromatic nitrogens is 2. The molecule has 1 saturated heterocycles. The molecule has 0 radical (unpaired) electrons. The Morgan fingerprint density at radius 1 is 1.48 bits per heavy atom. The topological polar surface area (TPSA) is 80.7 Å². The second-order valence-electron chi connectivity index (χ2n) is 5.27. The molecule has 1 aliphatic heterocycles. The summed E-state index contributed by atoms with van der Waals surface area (Å²) in [5.74, 6) is 0.529. The number of nitrogens with zero attached hydrogens (tertiary/aromatic N) is 4. The summed E-state index contributed by atoms with van der Waals surface area (Å²) < 4.78 is 7.13. The lowest BCUT2D eigenvalue weighted by atomic mass is 10.2. The lowest BCUT2D eigenvalue weighted by Gasteiger charge is -2.26. The van der Waals surface area contributed by atoms with Gasteiger partial charge >= 0.3 is 0 Å². The predicted octanol–water partition coefficient (Wildman–Crippen LogP) is -0.411. The van der Waals surface area contributed by atoms with Crippen molar-refractivity contribution in [2.24, 2.45) is 17.8 Å². The van der Waals surface area contributed by atoms with E-state index in [0.29, 0.717) is 5.96 Å². The van der Waals surface area contributed by atoms with Gasteiger partial charge in [-0.15, -0.1) is 0 Å². The molecule has 2 heterocycles. The second-order valence-corrected chi connectivity index (χ2v) is 5.27. The molecule has 0 aromatic carbocycles. The average molecular weight is 294 g/mol. The predicted molar refractivity (Wildman–Crippen MR) is 83.3 cm³/mol. The van der Waals surface area contributed by atoms with Crippen LogP contribution in [-0.4, -0.2) is 66.6 Å². The lowest BCUT2D eigenvalue weighted by molar-refractivity contribution is 0.0377. The zero-order valence-corrected chi connectivity index (χ0v) is 12.8. The van der Waals surface area contributed by atoms with Gasteiger partial charge in [-0.3, -0.25) is 14.6 Å². The van der Waals surface area contributed by atoms with Gasteiger partial charge in [0.05, 0.1) is 19.4 Å². The fourth-order valence-electron chi connectivity index (χ4n) is 2.31. The Kier molecular flexibility index (Phi) is 6.49. The summed E-state index contributed by atoms with van der Waals surface area (Å²) in [6.07, 6.45) is 5.82. The van der Waals surface area contributed by atoms with E-state index in [2.05, 4.69) is 20.3 Å². The second kappa shape index (κ2) is 8.63. The van der Waals surface area contributed by atoms with Gasteiger partial charge in [-0.2, -0.15) is 5.10 Å². The van der Waals surface area contributed by atoms with Crippen LogP contribution >= 0.6 is 0 Å². The molecule has 0 spiro atoms. The zero-order valence-electron chi connectivity index (χ0n) is 12.8. The van der Waals surface area contributed by atoms with Crippen molar-refractivity contribution in [3.63, 3.8) is 0 Å². The summed E-state index contributed by atoms with van der Waals surface area (Å²) in [5, 5.41) is 7.27. The lowest BCUT2D eigenvalue weighted by Crippen LogP contribution is -2.37. The molecule has 0 bridgehead atoms. The van der Waals surface area contributed by atoms with E-state index in [1.165, 1.54) is 5.56 Å². The van der Waals surface area contributed by atoms with Crippen molar-refractivity contribution in [1.82, 2.24) is 20.0 Å². The zero-order chi connectivity index (χ0) is 14.9. The van der Waals surface area contributed by atoms with Gasteiger partial charge in [-0.1, -0.05) is 0 Å². The van der Waals surface area contributed by atoms with Crippen LogP contribution in [0.5, 0.6) is 0 Å². The van der Waals surface area contributed by atoms with E-state index in [9.17, 15) is 0 Å². The van der Waals surface area contributed by atoms with E-state index in [0.717, 1.165) is 58.8 Å². The third kappa shape index (κ3) is 6.14. The molecule has 0 unspecified atom stereocenters. The Morgan fingerprint density at radius 2 is 2.29 bits per heavy atom. The Hall–Kier alpha value is -1.60. The summed E-state index contributed by atoms with van der Waals surface area (Å²) in [6.45, 7) is 6.37. The van der Waals surface area contributed by atoms with Crippen molar-refractivity contribution >= 4 is 5.96 Å². The van der Waals surface area contributed by atoms with Crippen LogP contribution in [0.1, 0.15) is 12.0 Å². The van der Waals surface area contributed by atoms with Crippen LogP contribution in [0.15, 0.2) is 17.4 Å². The molecule has 0 saturated carbocycles. The number of aliphatic imine (C=N–C) groups is 1. The summed E-state index contributed by atoms with van der Waals surface area (Å²) in [6, 6.07) is 0. The summed E-state index contributed by atoms with van der Waals surface area (Å²) in [4.78, 5) is 6.76. The molecule has 0 aliphatic carbocycles. The van der Waals surface area contributed by atoms with Crippen LogP contribution in [0.25, 0.3) is 0 Å². The highest BCUT2D eigenvalue weighted by Crippen LogP contribution is 1.98. The highest BCUT2D eigenvalue weighted by molar-refractivity contribution is 5.77. The number of aryl methyl sites for hydroxylation is 1. The van der Waals surface area contributed by atoms with Gasteiger partial charge in [0.2, 0.25) is 0 Å². The normalized spacial score (nSPS) is 17.1. The molecule has 1 aromatic heterocycles. The van der Waals surface area contributed by atoms with E-state index in [4.69, 9.17) is 10.5 Å². The molecular formula is C14H26N6O. The molecule has 7 nitrogen and oxygen atoms in total. The van der Waals surface area contributed by atoms with Crippen molar-refractivity contribution in [2.75, 3.05) is 45.9 Å². The van der Waals surface area contributed by atoms with Crippen molar-refractivity contribution < 1.29 is 4.74 Å². The summed E-state index contributed by atoms with van der Waals surface area (Å²) in [5.41, 5.74) is 7.05. The minimum absolute atomic E-state index is 0.529. The van der Waals surface area contributed by atoms with Crippen LogP contribution in [0.2, 0.25) is 0 Å². The first-order valence-electron chi connectivity index (χ1n) is 7.55. The molecule has 3 N–H and O–H groups in total. The van der Waals surface area contributed by atoms with E-state index in [1.54, 1.807) is 4.68 Å². The molecule has 1 aliphatic rings. The molecule has 2 rings (SSSR count). The van der Waals surface area contributed by atoms with Crippen LogP contribution in [0.4, 0.5) is 0 Å². The molecule has 21 heavy (non-hydrogen) atoms. The molecule has 0 amide bonds. The molecular weight excluding hydrogens is 268 g/mol.